The molecule has 0 saturated carbocycles. The van der Waals surface area contributed by atoms with Crippen molar-refractivity contribution in [2.75, 3.05) is 7.11 Å². The number of allylic oxidation sites excluding steroid dienone is 4. The Labute approximate surface area is 196 Å². The Bertz CT molecular complexity index is 865. The lowest BCUT2D eigenvalue weighted by Gasteiger charge is -2.42. The van der Waals surface area contributed by atoms with E-state index in [-0.39, 0.29) is 16.8 Å². The Balaban J connectivity index is 2.31. The zero-order valence-electron chi connectivity index (χ0n) is 21.5. The fourth-order valence-electron chi connectivity index (χ4n) is 4.55. The molecule has 2 rings (SSSR count). The quantitative estimate of drug-likeness (QED) is 0.210. The lowest BCUT2D eigenvalue weighted by atomic mass is 9.62. The van der Waals surface area contributed by atoms with Crippen molar-refractivity contribution in [3.8, 4) is 0 Å². The highest BCUT2D eigenvalue weighted by atomic mass is 16.5. The Kier molecular flexibility index (Phi) is 9.55. The van der Waals surface area contributed by atoms with E-state index in [2.05, 4.69) is 65.0 Å². The predicted octanol–water partition coefficient (Wildman–Crippen LogP) is 8.24. The van der Waals surface area contributed by atoms with Gasteiger partial charge in [-0.2, -0.15) is 0 Å². The third-order valence-corrected chi connectivity index (χ3v) is 6.98. The van der Waals surface area contributed by atoms with Gasteiger partial charge in [0.15, 0.2) is 0 Å². The summed E-state index contributed by atoms with van der Waals surface area (Å²) in [7, 11) is 1.42. The molecule has 176 valence electrons. The van der Waals surface area contributed by atoms with Crippen molar-refractivity contribution in [2.45, 2.75) is 104 Å². The first kappa shape index (κ1) is 26.2. The van der Waals surface area contributed by atoms with E-state index in [1.54, 1.807) is 5.56 Å². The van der Waals surface area contributed by atoms with E-state index in [0.717, 1.165) is 12.0 Å². The van der Waals surface area contributed by atoms with Crippen LogP contribution in [0.5, 0.6) is 0 Å². The molecule has 32 heavy (non-hydrogen) atoms. The van der Waals surface area contributed by atoms with Crippen LogP contribution in [-0.4, -0.2) is 13.1 Å². The van der Waals surface area contributed by atoms with Crippen molar-refractivity contribution in [1.82, 2.24) is 0 Å². The third kappa shape index (κ3) is 7.22. The summed E-state index contributed by atoms with van der Waals surface area (Å²) in [5, 5.41) is 0. The number of carbonyl (C=O) groups is 1. The maximum atomic E-state index is 11.3. The number of hydrogen-bond donors (Lipinski definition) is 0. The van der Waals surface area contributed by atoms with Gasteiger partial charge in [0.2, 0.25) is 0 Å². The summed E-state index contributed by atoms with van der Waals surface area (Å²) in [6, 6.07) is 4.99. The molecule has 1 aromatic rings. The summed E-state index contributed by atoms with van der Waals surface area (Å²) < 4.78 is 4.70. The molecule has 0 bridgehead atoms. The van der Waals surface area contributed by atoms with Crippen LogP contribution in [0, 0.1) is 0 Å². The molecular formula is C30H44O2. The van der Waals surface area contributed by atoms with Gasteiger partial charge in [0.25, 0.3) is 0 Å². The van der Waals surface area contributed by atoms with Crippen LogP contribution in [-0.2, 0) is 26.8 Å². The fraction of sp³-hybridized carbons (Fsp3) is 0.567. The molecule has 0 aliphatic heterocycles. The Morgan fingerprint density at radius 3 is 2.28 bits per heavy atom. The minimum Gasteiger partial charge on any atom is -0.469 e. The summed E-state index contributed by atoms with van der Waals surface area (Å²) >= 11 is 0. The van der Waals surface area contributed by atoms with E-state index in [0.29, 0.717) is 6.42 Å². The minimum absolute atomic E-state index is 0.208. The summed E-state index contributed by atoms with van der Waals surface area (Å²) in [6.45, 7) is 13.9. The highest BCUT2D eigenvalue weighted by molar-refractivity contribution is 5.71. The van der Waals surface area contributed by atoms with Crippen molar-refractivity contribution < 1.29 is 9.53 Å². The lowest BCUT2D eigenvalue weighted by Crippen LogP contribution is -2.34. The predicted molar refractivity (Wildman–Crippen MR) is 138 cm³/mol. The van der Waals surface area contributed by atoms with Crippen LogP contribution in [0.3, 0.4) is 0 Å². The number of benzene rings is 1. The maximum absolute atomic E-state index is 11.3. The average molecular weight is 437 g/mol. The second kappa shape index (κ2) is 11.7. The number of unbranched alkanes of at least 4 members (excludes halogenated alkanes) is 3. The molecule has 1 aromatic carbocycles. The molecule has 0 unspecified atom stereocenters. The normalized spacial score (nSPS) is 17.7. The SMILES string of the molecule is CCCCCCc1cc2c(cc1/C=C/C=C/C(C)=C\CC(=O)OC)C(C)(C)CCC2(C)C. The molecule has 1 aliphatic carbocycles. The van der Waals surface area contributed by atoms with Gasteiger partial charge in [-0.1, -0.05) is 102 Å². The number of carbonyl (C=O) groups excluding carboxylic acids is 1. The van der Waals surface area contributed by atoms with Gasteiger partial charge < -0.3 is 4.74 Å². The summed E-state index contributed by atoms with van der Waals surface area (Å²) in [6.07, 6.45) is 19.5. The molecule has 0 N–H and O–H groups in total. The largest absolute Gasteiger partial charge is 0.469 e. The standard InChI is InChI=1S/C30H44O2/c1-8-9-10-11-15-24-21-26-27(30(5,6)20-19-29(26,3)4)22-25(24)16-13-12-14-23(2)17-18-28(31)32-7/h12-14,16-17,21-22H,8-11,15,18-20H2,1-7H3/b14-12+,16-13+,23-17-. The van der Waals surface area contributed by atoms with Crippen molar-refractivity contribution in [3.63, 3.8) is 0 Å². The van der Waals surface area contributed by atoms with Gasteiger partial charge in [-0.05, 0) is 65.7 Å². The van der Waals surface area contributed by atoms with Crippen LogP contribution in [0.25, 0.3) is 6.08 Å². The molecule has 2 nitrogen and oxygen atoms in total. The first-order chi connectivity index (χ1) is 15.1. The molecule has 0 radical (unpaired) electrons. The van der Waals surface area contributed by atoms with Crippen molar-refractivity contribution in [1.29, 1.82) is 0 Å². The number of hydrogen-bond acceptors (Lipinski definition) is 2. The molecule has 0 spiro atoms. The van der Waals surface area contributed by atoms with Gasteiger partial charge in [0.05, 0.1) is 13.5 Å². The Morgan fingerprint density at radius 1 is 1.00 bits per heavy atom. The van der Waals surface area contributed by atoms with E-state index in [4.69, 9.17) is 4.74 Å². The van der Waals surface area contributed by atoms with E-state index in [1.165, 1.54) is 62.3 Å². The Morgan fingerprint density at radius 2 is 1.66 bits per heavy atom. The van der Waals surface area contributed by atoms with Crippen LogP contribution in [0.2, 0.25) is 0 Å². The van der Waals surface area contributed by atoms with Gasteiger partial charge in [-0.3, -0.25) is 4.79 Å². The highest BCUT2D eigenvalue weighted by Crippen LogP contribution is 2.46. The topological polar surface area (TPSA) is 26.3 Å². The molecule has 0 heterocycles. The molecule has 0 amide bonds. The summed E-state index contributed by atoms with van der Waals surface area (Å²) in [5.74, 6) is -0.208. The number of esters is 1. The van der Waals surface area contributed by atoms with Crippen LogP contribution >= 0.6 is 0 Å². The Hall–Kier alpha value is -2.09. The monoisotopic (exact) mass is 436 g/mol. The van der Waals surface area contributed by atoms with Crippen LogP contribution in [0.15, 0.2) is 42.0 Å². The third-order valence-electron chi connectivity index (χ3n) is 6.98. The number of ether oxygens (including phenoxy) is 1. The number of methoxy groups -OCH3 is 1. The molecule has 0 saturated heterocycles. The van der Waals surface area contributed by atoms with E-state index >= 15 is 0 Å². The van der Waals surface area contributed by atoms with Crippen LogP contribution < -0.4 is 0 Å². The summed E-state index contributed by atoms with van der Waals surface area (Å²) in [4.78, 5) is 11.3. The fourth-order valence-corrected chi connectivity index (χ4v) is 4.55. The molecule has 1 aliphatic rings. The zero-order valence-corrected chi connectivity index (χ0v) is 21.5. The van der Waals surface area contributed by atoms with Crippen molar-refractivity contribution in [3.05, 3.63) is 64.3 Å². The molecule has 2 heteroatoms. The molecular weight excluding hydrogens is 392 g/mol. The van der Waals surface area contributed by atoms with Gasteiger partial charge in [-0.25, -0.2) is 0 Å². The number of fused-ring (bicyclic) bond motifs is 1. The van der Waals surface area contributed by atoms with E-state index < -0.39 is 0 Å². The average Bonchev–Trinajstić information content (AvgIpc) is 2.76. The van der Waals surface area contributed by atoms with Gasteiger partial charge in [0, 0.05) is 0 Å². The van der Waals surface area contributed by atoms with Gasteiger partial charge in [-0.15, -0.1) is 0 Å². The van der Waals surface area contributed by atoms with Crippen molar-refractivity contribution in [2.24, 2.45) is 0 Å². The first-order valence-electron chi connectivity index (χ1n) is 12.4. The van der Waals surface area contributed by atoms with E-state index in [9.17, 15) is 4.79 Å². The van der Waals surface area contributed by atoms with Crippen LogP contribution in [0.1, 0.15) is 109 Å². The second-order valence-electron chi connectivity index (χ2n) is 10.6. The molecule has 0 aromatic heterocycles. The zero-order chi connectivity index (χ0) is 23.8. The first-order valence-corrected chi connectivity index (χ1v) is 12.4. The van der Waals surface area contributed by atoms with Gasteiger partial charge >= 0.3 is 5.97 Å². The molecule has 0 fully saturated rings. The van der Waals surface area contributed by atoms with Crippen LogP contribution in [0.4, 0.5) is 0 Å². The van der Waals surface area contributed by atoms with Crippen molar-refractivity contribution >= 4 is 12.0 Å². The minimum atomic E-state index is -0.208. The number of rotatable bonds is 10. The summed E-state index contributed by atoms with van der Waals surface area (Å²) in [5.41, 5.74) is 7.43. The number of aryl methyl sites for hydroxylation is 1. The smallest absolute Gasteiger partial charge is 0.309 e. The lowest BCUT2D eigenvalue weighted by molar-refractivity contribution is -0.139. The second-order valence-corrected chi connectivity index (χ2v) is 10.6. The van der Waals surface area contributed by atoms with E-state index in [1.807, 2.05) is 19.1 Å². The van der Waals surface area contributed by atoms with Gasteiger partial charge in [0.1, 0.15) is 0 Å². The molecule has 0 atom stereocenters. The highest BCUT2D eigenvalue weighted by Gasteiger charge is 2.37. The maximum Gasteiger partial charge on any atom is 0.309 e.